The van der Waals surface area contributed by atoms with Crippen LogP contribution < -0.4 is 15.8 Å². The Balaban J connectivity index is 2.49. The molecule has 0 saturated heterocycles. The molecule has 116 valence electrons. The molecule has 0 saturated carbocycles. The van der Waals surface area contributed by atoms with Crippen molar-refractivity contribution < 1.29 is 23.1 Å². The molecule has 2 amide bonds. The molecule has 0 fully saturated rings. The van der Waals surface area contributed by atoms with Gasteiger partial charge in [0.15, 0.2) is 6.04 Å². The Kier molecular flexibility index (Phi) is 6.12. The number of hydrogen-bond donors (Lipinski definition) is 4. The Hall–Kier alpha value is -2.13. The summed E-state index contributed by atoms with van der Waals surface area (Å²) in [5.74, 6) is -1.45. The van der Waals surface area contributed by atoms with Crippen LogP contribution in [0.3, 0.4) is 0 Å². The summed E-state index contributed by atoms with van der Waals surface area (Å²) in [5.41, 5.74) is 0.435. The first-order valence-electron chi connectivity index (χ1n) is 6.12. The van der Waals surface area contributed by atoms with Crippen molar-refractivity contribution in [2.45, 2.75) is 12.5 Å². The van der Waals surface area contributed by atoms with E-state index in [1.165, 1.54) is 0 Å². The fraction of sp³-hybridized carbons (Fsp3) is 0.333. The van der Waals surface area contributed by atoms with Crippen molar-refractivity contribution in [2.75, 3.05) is 12.3 Å². The maximum atomic E-state index is 11.6. The number of hydrogen-bond acceptors (Lipinski definition) is 4. The summed E-state index contributed by atoms with van der Waals surface area (Å²) in [7, 11) is -3.57. The van der Waals surface area contributed by atoms with Crippen molar-refractivity contribution in [3.63, 3.8) is 0 Å². The Labute approximate surface area is 122 Å². The van der Waals surface area contributed by atoms with Gasteiger partial charge in [-0.05, 0) is 12.0 Å². The van der Waals surface area contributed by atoms with Gasteiger partial charge in [0.05, 0.1) is 5.75 Å². The Morgan fingerprint density at radius 3 is 2.38 bits per heavy atom. The fourth-order valence-corrected chi connectivity index (χ4v) is 2.14. The summed E-state index contributed by atoms with van der Waals surface area (Å²) in [5, 5.41) is 18.6. The van der Waals surface area contributed by atoms with Crippen LogP contribution in [0.2, 0.25) is 0 Å². The van der Waals surface area contributed by atoms with Gasteiger partial charge in [-0.2, -0.15) is 0 Å². The second-order valence-electron chi connectivity index (χ2n) is 4.30. The van der Waals surface area contributed by atoms with E-state index in [2.05, 4.69) is 10.6 Å². The SMILES string of the molecule is NS(=O)(=O)CCCNC(=O)N[C@@H](C(=O)O)c1ccccc1. The predicted octanol–water partition coefficient (Wildman–Crippen LogP) is -0.210. The predicted molar refractivity (Wildman–Crippen MR) is 75.9 cm³/mol. The van der Waals surface area contributed by atoms with Gasteiger partial charge in [-0.25, -0.2) is 23.1 Å². The van der Waals surface area contributed by atoms with Crippen molar-refractivity contribution in [2.24, 2.45) is 5.14 Å². The van der Waals surface area contributed by atoms with Crippen molar-refractivity contribution >= 4 is 22.0 Å². The van der Waals surface area contributed by atoms with E-state index in [1.54, 1.807) is 30.3 Å². The Bertz CT molecular complexity index is 588. The maximum absolute atomic E-state index is 11.6. The minimum absolute atomic E-state index is 0.0728. The lowest BCUT2D eigenvalue weighted by molar-refractivity contribution is -0.139. The average molecular weight is 315 g/mol. The number of nitrogens with one attached hydrogen (secondary N) is 2. The van der Waals surface area contributed by atoms with E-state index in [4.69, 9.17) is 10.2 Å². The minimum atomic E-state index is -3.57. The molecule has 0 heterocycles. The molecule has 0 aromatic heterocycles. The van der Waals surface area contributed by atoms with Crippen molar-refractivity contribution in [1.82, 2.24) is 10.6 Å². The third-order valence-corrected chi connectivity index (χ3v) is 3.40. The van der Waals surface area contributed by atoms with Crippen LogP contribution in [0.5, 0.6) is 0 Å². The highest BCUT2D eigenvalue weighted by molar-refractivity contribution is 7.89. The van der Waals surface area contributed by atoms with Gasteiger partial charge in [0.1, 0.15) is 0 Å². The molecule has 21 heavy (non-hydrogen) atoms. The Morgan fingerprint density at radius 2 is 1.86 bits per heavy atom. The zero-order valence-electron chi connectivity index (χ0n) is 11.2. The Morgan fingerprint density at radius 1 is 1.24 bits per heavy atom. The van der Waals surface area contributed by atoms with Gasteiger partial charge in [-0.3, -0.25) is 0 Å². The molecule has 0 unspecified atom stereocenters. The normalized spacial score (nSPS) is 12.4. The van der Waals surface area contributed by atoms with Crippen LogP contribution in [0.1, 0.15) is 18.0 Å². The first-order chi connectivity index (χ1) is 9.79. The number of urea groups is 1. The van der Waals surface area contributed by atoms with Crippen LogP contribution in [0.4, 0.5) is 4.79 Å². The zero-order valence-corrected chi connectivity index (χ0v) is 12.0. The number of benzene rings is 1. The van der Waals surface area contributed by atoms with Crippen LogP contribution in [0, 0.1) is 0 Å². The number of nitrogens with two attached hydrogens (primary N) is 1. The first kappa shape index (κ1) is 16.9. The first-order valence-corrected chi connectivity index (χ1v) is 7.84. The van der Waals surface area contributed by atoms with E-state index in [0.717, 1.165) is 0 Å². The molecule has 1 rings (SSSR count). The molecule has 0 bridgehead atoms. The lowest BCUT2D eigenvalue weighted by atomic mass is 10.1. The molecule has 0 aliphatic heterocycles. The second-order valence-corrected chi connectivity index (χ2v) is 6.04. The zero-order chi connectivity index (χ0) is 15.9. The van der Waals surface area contributed by atoms with Crippen LogP contribution in [-0.2, 0) is 14.8 Å². The van der Waals surface area contributed by atoms with Crippen molar-refractivity contribution in [1.29, 1.82) is 0 Å². The quantitative estimate of drug-likeness (QED) is 0.516. The fourth-order valence-electron chi connectivity index (χ4n) is 1.59. The number of aliphatic carboxylic acids is 1. The van der Waals surface area contributed by atoms with Crippen molar-refractivity contribution in [3.8, 4) is 0 Å². The summed E-state index contributed by atoms with van der Waals surface area (Å²) < 4.78 is 21.4. The monoisotopic (exact) mass is 315 g/mol. The second kappa shape index (κ2) is 7.60. The van der Waals surface area contributed by atoms with Crippen LogP contribution >= 0.6 is 0 Å². The lowest BCUT2D eigenvalue weighted by Crippen LogP contribution is -2.41. The molecule has 0 aliphatic carbocycles. The molecule has 0 spiro atoms. The number of carboxylic acids is 1. The molecular formula is C12H17N3O5S. The standard InChI is InChI=1S/C12H17N3O5S/c13-21(19,20)8-4-7-14-12(18)15-10(11(16)17)9-5-2-1-3-6-9/h1-3,5-6,10H,4,7-8H2,(H,16,17)(H2,13,19,20)(H2,14,15,18)/t10-/m1/s1. The highest BCUT2D eigenvalue weighted by atomic mass is 32.2. The minimum Gasteiger partial charge on any atom is -0.479 e. The highest BCUT2D eigenvalue weighted by Gasteiger charge is 2.21. The lowest BCUT2D eigenvalue weighted by Gasteiger charge is -2.15. The summed E-state index contributed by atoms with van der Waals surface area (Å²) in [6.45, 7) is 0.0728. The number of carbonyl (C=O) groups excluding carboxylic acids is 1. The van der Waals surface area contributed by atoms with E-state index in [-0.39, 0.29) is 18.7 Å². The number of primary sulfonamides is 1. The number of rotatable bonds is 7. The van der Waals surface area contributed by atoms with Gasteiger partial charge in [0, 0.05) is 6.54 Å². The van der Waals surface area contributed by atoms with E-state index >= 15 is 0 Å². The molecular weight excluding hydrogens is 298 g/mol. The van der Waals surface area contributed by atoms with E-state index in [9.17, 15) is 18.0 Å². The summed E-state index contributed by atoms with van der Waals surface area (Å²) >= 11 is 0. The molecule has 0 aliphatic rings. The van der Waals surface area contributed by atoms with Crippen LogP contribution in [0.25, 0.3) is 0 Å². The smallest absolute Gasteiger partial charge is 0.330 e. The van der Waals surface area contributed by atoms with Gasteiger partial charge in [0.25, 0.3) is 0 Å². The van der Waals surface area contributed by atoms with E-state index in [1.807, 2.05) is 0 Å². The average Bonchev–Trinajstić information content (AvgIpc) is 2.40. The van der Waals surface area contributed by atoms with Gasteiger partial charge in [-0.1, -0.05) is 30.3 Å². The number of sulfonamides is 1. The van der Waals surface area contributed by atoms with Gasteiger partial charge in [-0.15, -0.1) is 0 Å². The maximum Gasteiger partial charge on any atom is 0.330 e. The number of amides is 2. The van der Waals surface area contributed by atoms with Gasteiger partial charge >= 0.3 is 12.0 Å². The number of carboxylic acid groups (broad SMARTS) is 1. The third-order valence-electron chi connectivity index (χ3n) is 2.55. The molecule has 0 radical (unpaired) electrons. The van der Waals surface area contributed by atoms with Gasteiger partial charge in [0.2, 0.25) is 10.0 Å². The molecule has 5 N–H and O–H groups in total. The van der Waals surface area contributed by atoms with E-state index < -0.39 is 28.1 Å². The van der Waals surface area contributed by atoms with Crippen molar-refractivity contribution in [3.05, 3.63) is 35.9 Å². The molecule has 8 nitrogen and oxygen atoms in total. The molecule has 1 aromatic carbocycles. The van der Waals surface area contributed by atoms with Crippen LogP contribution in [-0.4, -0.2) is 37.8 Å². The highest BCUT2D eigenvalue weighted by Crippen LogP contribution is 2.12. The summed E-state index contributed by atoms with van der Waals surface area (Å²) in [4.78, 5) is 22.7. The topological polar surface area (TPSA) is 139 Å². The third kappa shape index (κ3) is 6.72. The van der Waals surface area contributed by atoms with E-state index in [0.29, 0.717) is 5.56 Å². The molecule has 9 heteroatoms. The largest absolute Gasteiger partial charge is 0.479 e. The van der Waals surface area contributed by atoms with Gasteiger partial charge < -0.3 is 15.7 Å². The number of carbonyl (C=O) groups is 2. The summed E-state index contributed by atoms with van der Waals surface area (Å²) in [6.07, 6.45) is 0.148. The summed E-state index contributed by atoms with van der Waals surface area (Å²) in [6, 6.07) is 6.36. The molecule has 1 atom stereocenters. The van der Waals surface area contributed by atoms with Crippen LogP contribution in [0.15, 0.2) is 30.3 Å². The molecule has 1 aromatic rings.